The van der Waals surface area contributed by atoms with E-state index in [1.54, 1.807) is 12.1 Å². The minimum absolute atomic E-state index is 0.174. The van der Waals surface area contributed by atoms with Crippen molar-refractivity contribution in [3.05, 3.63) is 69.9 Å². The summed E-state index contributed by atoms with van der Waals surface area (Å²) in [6.07, 6.45) is 4.81. The lowest BCUT2D eigenvalue weighted by atomic mass is 10.1. The van der Waals surface area contributed by atoms with Crippen molar-refractivity contribution in [3.8, 4) is 27.6 Å². The molecule has 5 rings (SSSR count). The number of rotatable bonds is 4. The van der Waals surface area contributed by atoms with E-state index in [0.29, 0.717) is 28.3 Å². The molecule has 0 spiro atoms. The van der Waals surface area contributed by atoms with Gasteiger partial charge in [-0.2, -0.15) is 0 Å². The lowest BCUT2D eigenvalue weighted by Gasteiger charge is -2.20. The first-order valence-electron chi connectivity index (χ1n) is 10.7. The second-order valence-electron chi connectivity index (χ2n) is 8.02. The van der Waals surface area contributed by atoms with Crippen LogP contribution in [-0.2, 0) is 6.54 Å². The number of hydrogen-bond donors (Lipinski definition) is 1. The molecule has 0 bridgehead atoms. The Labute approximate surface area is 184 Å². The van der Waals surface area contributed by atoms with Gasteiger partial charge in [-0.05, 0) is 44.1 Å². The standard InChI is InChI=1S/C25H24N2O3S/c28-22-11-10-18-14-19(24-26-21(16-31-24)17-8-4-3-5-9-17)25(29)30-23(18)20(22)15-27-12-6-1-2-7-13-27/h3-5,8-11,14,16,28H,1-2,6-7,12-13,15H2. The predicted molar refractivity (Wildman–Crippen MR) is 124 cm³/mol. The van der Waals surface area contributed by atoms with Crippen molar-refractivity contribution in [2.75, 3.05) is 13.1 Å². The highest BCUT2D eigenvalue weighted by Gasteiger charge is 2.19. The zero-order chi connectivity index (χ0) is 21.2. The molecule has 1 aliphatic heterocycles. The number of aromatic nitrogens is 1. The summed E-state index contributed by atoms with van der Waals surface area (Å²) in [4.78, 5) is 19.9. The zero-order valence-electron chi connectivity index (χ0n) is 17.2. The maximum atomic E-state index is 12.9. The molecule has 2 aromatic carbocycles. The van der Waals surface area contributed by atoms with E-state index in [0.717, 1.165) is 42.6 Å². The Bertz CT molecular complexity index is 1250. The lowest BCUT2D eigenvalue weighted by Crippen LogP contribution is -2.24. The van der Waals surface area contributed by atoms with E-state index in [1.165, 1.54) is 24.2 Å². The van der Waals surface area contributed by atoms with Crippen molar-refractivity contribution in [2.45, 2.75) is 32.2 Å². The Morgan fingerprint density at radius 2 is 1.81 bits per heavy atom. The van der Waals surface area contributed by atoms with Gasteiger partial charge >= 0.3 is 5.63 Å². The molecule has 5 nitrogen and oxygen atoms in total. The molecule has 3 heterocycles. The highest BCUT2D eigenvalue weighted by molar-refractivity contribution is 7.13. The summed E-state index contributed by atoms with van der Waals surface area (Å²) in [6.45, 7) is 2.58. The highest BCUT2D eigenvalue weighted by Crippen LogP contribution is 2.32. The average molecular weight is 433 g/mol. The zero-order valence-corrected chi connectivity index (χ0v) is 18.0. The van der Waals surface area contributed by atoms with Crippen molar-refractivity contribution < 1.29 is 9.52 Å². The molecule has 1 N–H and O–H groups in total. The van der Waals surface area contributed by atoms with Crippen molar-refractivity contribution in [3.63, 3.8) is 0 Å². The Balaban J connectivity index is 1.52. The van der Waals surface area contributed by atoms with Gasteiger partial charge in [0.25, 0.3) is 0 Å². The summed E-state index contributed by atoms with van der Waals surface area (Å²) in [5.74, 6) is 0.174. The number of phenolic OH excluding ortho intramolecular Hbond substituents is 1. The minimum atomic E-state index is -0.427. The molecule has 0 amide bonds. The van der Waals surface area contributed by atoms with Gasteiger partial charge in [-0.1, -0.05) is 43.2 Å². The van der Waals surface area contributed by atoms with E-state index in [9.17, 15) is 9.90 Å². The normalized spacial score (nSPS) is 15.2. The maximum Gasteiger partial charge on any atom is 0.346 e. The molecular formula is C25H24N2O3S. The fourth-order valence-electron chi connectivity index (χ4n) is 4.19. The second kappa shape index (κ2) is 8.65. The first-order chi connectivity index (χ1) is 15.2. The van der Waals surface area contributed by atoms with E-state index in [-0.39, 0.29) is 5.75 Å². The highest BCUT2D eigenvalue weighted by atomic mass is 32.1. The molecule has 31 heavy (non-hydrogen) atoms. The third kappa shape index (κ3) is 4.13. The quantitative estimate of drug-likeness (QED) is 0.421. The van der Waals surface area contributed by atoms with Crippen molar-refractivity contribution in [1.82, 2.24) is 9.88 Å². The molecular weight excluding hydrogens is 408 g/mol. The van der Waals surface area contributed by atoms with Gasteiger partial charge in [-0.15, -0.1) is 11.3 Å². The van der Waals surface area contributed by atoms with Crippen LogP contribution in [0.3, 0.4) is 0 Å². The SMILES string of the molecule is O=c1oc2c(CN3CCCCCC3)c(O)ccc2cc1-c1nc(-c2ccccc2)cs1. The largest absolute Gasteiger partial charge is 0.507 e. The van der Waals surface area contributed by atoms with Crippen LogP contribution in [0.15, 0.2) is 63.1 Å². The number of aromatic hydroxyl groups is 1. The molecule has 0 atom stereocenters. The number of fused-ring (bicyclic) bond motifs is 1. The van der Waals surface area contributed by atoms with Gasteiger partial charge in [0.05, 0.1) is 16.8 Å². The molecule has 1 saturated heterocycles. The van der Waals surface area contributed by atoms with Crippen LogP contribution in [0, 0.1) is 0 Å². The molecule has 2 aromatic heterocycles. The summed E-state index contributed by atoms with van der Waals surface area (Å²) >= 11 is 1.43. The molecule has 1 fully saturated rings. The van der Waals surface area contributed by atoms with Crippen LogP contribution >= 0.6 is 11.3 Å². The number of hydrogen-bond acceptors (Lipinski definition) is 6. The van der Waals surface area contributed by atoms with Gasteiger partial charge in [0.1, 0.15) is 16.3 Å². The third-order valence-corrected chi connectivity index (χ3v) is 6.74. The molecule has 0 saturated carbocycles. The van der Waals surface area contributed by atoms with E-state index in [4.69, 9.17) is 4.42 Å². The molecule has 6 heteroatoms. The number of thiazole rings is 1. The first kappa shape index (κ1) is 20.0. The summed E-state index contributed by atoms with van der Waals surface area (Å²) in [7, 11) is 0. The minimum Gasteiger partial charge on any atom is -0.507 e. The van der Waals surface area contributed by atoms with Crippen molar-refractivity contribution in [1.29, 1.82) is 0 Å². The second-order valence-corrected chi connectivity index (χ2v) is 8.88. The molecule has 4 aromatic rings. The lowest BCUT2D eigenvalue weighted by molar-refractivity contribution is 0.272. The van der Waals surface area contributed by atoms with Gasteiger partial charge in [-0.25, -0.2) is 9.78 Å². The smallest absolute Gasteiger partial charge is 0.346 e. The maximum absolute atomic E-state index is 12.9. The number of phenols is 1. The van der Waals surface area contributed by atoms with Crippen LogP contribution in [0.25, 0.3) is 32.8 Å². The Kier molecular flexibility index (Phi) is 5.57. The number of benzene rings is 2. The predicted octanol–water partition coefficient (Wildman–Crippen LogP) is 5.67. The first-order valence-corrected chi connectivity index (χ1v) is 11.6. The average Bonchev–Trinajstić information content (AvgIpc) is 3.14. The summed E-state index contributed by atoms with van der Waals surface area (Å²) < 4.78 is 5.77. The van der Waals surface area contributed by atoms with Gasteiger partial charge in [-0.3, -0.25) is 4.90 Å². The van der Waals surface area contributed by atoms with Gasteiger partial charge < -0.3 is 9.52 Å². The fraction of sp³-hybridized carbons (Fsp3) is 0.280. The topological polar surface area (TPSA) is 66.6 Å². The molecule has 1 aliphatic rings. The van der Waals surface area contributed by atoms with Crippen LogP contribution in [0.4, 0.5) is 0 Å². The van der Waals surface area contributed by atoms with Gasteiger partial charge in [0.15, 0.2) is 0 Å². The Morgan fingerprint density at radius 1 is 1.03 bits per heavy atom. The fourth-order valence-corrected chi connectivity index (χ4v) is 5.02. The van der Waals surface area contributed by atoms with Crippen molar-refractivity contribution in [2.24, 2.45) is 0 Å². The number of nitrogens with zero attached hydrogens (tertiary/aromatic N) is 2. The molecule has 158 valence electrons. The Hall–Kier alpha value is -2.96. The van der Waals surface area contributed by atoms with E-state index in [1.807, 2.05) is 41.8 Å². The molecule has 0 aliphatic carbocycles. The van der Waals surface area contributed by atoms with Crippen molar-refractivity contribution >= 4 is 22.3 Å². The third-order valence-electron chi connectivity index (χ3n) is 5.87. The van der Waals surface area contributed by atoms with Crippen LogP contribution in [0.2, 0.25) is 0 Å². The summed E-state index contributed by atoms with van der Waals surface area (Å²) in [6, 6.07) is 15.2. The van der Waals surface area contributed by atoms with E-state index in [2.05, 4.69) is 9.88 Å². The van der Waals surface area contributed by atoms with Crippen LogP contribution < -0.4 is 5.63 Å². The summed E-state index contributed by atoms with van der Waals surface area (Å²) in [5.41, 5.74) is 3.03. The Morgan fingerprint density at radius 3 is 2.58 bits per heavy atom. The molecule has 0 unspecified atom stereocenters. The monoisotopic (exact) mass is 432 g/mol. The molecule has 0 radical (unpaired) electrons. The van der Waals surface area contributed by atoms with Gasteiger partial charge in [0.2, 0.25) is 0 Å². The van der Waals surface area contributed by atoms with E-state index >= 15 is 0 Å². The van der Waals surface area contributed by atoms with Crippen LogP contribution in [0.1, 0.15) is 31.2 Å². The van der Waals surface area contributed by atoms with Crippen LogP contribution in [0.5, 0.6) is 5.75 Å². The van der Waals surface area contributed by atoms with E-state index < -0.39 is 5.63 Å². The number of likely N-dealkylation sites (tertiary alicyclic amines) is 1. The van der Waals surface area contributed by atoms with Gasteiger partial charge in [0, 0.05) is 22.9 Å². The van der Waals surface area contributed by atoms with Crippen LogP contribution in [-0.4, -0.2) is 28.1 Å². The summed E-state index contributed by atoms with van der Waals surface area (Å²) in [5, 5.41) is 13.9.